The third-order valence-corrected chi connectivity index (χ3v) is 2.70. The number of nitrogens with two attached hydrogens (primary N) is 1. The van der Waals surface area contributed by atoms with Gasteiger partial charge in [0.05, 0.1) is 5.57 Å². The maximum absolute atomic E-state index is 13.3. The van der Waals surface area contributed by atoms with Gasteiger partial charge in [-0.1, -0.05) is 25.6 Å². The molecule has 0 spiro atoms. The van der Waals surface area contributed by atoms with Gasteiger partial charge in [-0.2, -0.15) is 0 Å². The van der Waals surface area contributed by atoms with E-state index in [2.05, 4.69) is 31.1 Å². The molecule has 3 heteroatoms. The molecule has 0 amide bonds. The molecule has 0 unspecified atom stereocenters. The Labute approximate surface area is 85.9 Å². The van der Waals surface area contributed by atoms with E-state index in [1.165, 1.54) is 0 Å². The van der Waals surface area contributed by atoms with Crippen LogP contribution in [0.2, 0.25) is 19.6 Å². The highest BCUT2D eigenvalue weighted by Gasteiger charge is 2.11. The van der Waals surface area contributed by atoms with E-state index in [1.54, 1.807) is 6.08 Å². The molecule has 14 heavy (non-hydrogen) atoms. The van der Waals surface area contributed by atoms with E-state index in [4.69, 9.17) is 5.73 Å². The van der Waals surface area contributed by atoms with E-state index in [-0.39, 0.29) is 5.83 Å². The average molecular weight is 209 g/mol. The molecule has 1 rings (SSSR count). The van der Waals surface area contributed by atoms with E-state index < -0.39 is 8.07 Å². The van der Waals surface area contributed by atoms with Gasteiger partial charge in [0.15, 0.2) is 0 Å². The van der Waals surface area contributed by atoms with Crippen LogP contribution in [0.4, 0.5) is 4.39 Å². The van der Waals surface area contributed by atoms with Crippen LogP contribution in [-0.2, 0) is 0 Å². The van der Waals surface area contributed by atoms with Crippen molar-refractivity contribution in [3.05, 3.63) is 23.2 Å². The molecule has 0 heterocycles. The molecule has 1 aliphatic rings. The van der Waals surface area contributed by atoms with Crippen LogP contribution in [0.5, 0.6) is 0 Å². The molecule has 76 valence electrons. The van der Waals surface area contributed by atoms with E-state index in [9.17, 15) is 4.39 Å². The van der Waals surface area contributed by atoms with Crippen molar-refractivity contribution in [2.75, 3.05) is 0 Å². The molecule has 0 aromatic rings. The lowest BCUT2D eigenvalue weighted by molar-refractivity contribution is 0.575. The summed E-state index contributed by atoms with van der Waals surface area (Å²) in [6.07, 6.45) is 2.67. The summed E-state index contributed by atoms with van der Waals surface area (Å²) in [5, 5.41) is 0. The Bertz CT molecular complexity index is 350. The Morgan fingerprint density at radius 1 is 1.36 bits per heavy atom. The second-order valence-corrected chi connectivity index (χ2v) is 9.29. The van der Waals surface area contributed by atoms with Gasteiger partial charge in [-0.3, -0.25) is 0 Å². The molecular weight excluding hydrogens is 193 g/mol. The Hall–Kier alpha value is -1.01. The molecule has 0 saturated carbocycles. The van der Waals surface area contributed by atoms with Crippen molar-refractivity contribution in [1.82, 2.24) is 0 Å². The Balaban J connectivity index is 2.92. The summed E-state index contributed by atoms with van der Waals surface area (Å²) in [5.41, 5.74) is 9.97. The van der Waals surface area contributed by atoms with Gasteiger partial charge in [-0.15, -0.1) is 5.54 Å². The van der Waals surface area contributed by atoms with Gasteiger partial charge in [-0.05, 0) is 12.5 Å². The number of rotatable bonds is 0. The first kappa shape index (κ1) is 11.1. The second-order valence-electron chi connectivity index (χ2n) is 4.54. The molecular formula is C11H16FNSi. The minimum absolute atomic E-state index is 0.120. The van der Waals surface area contributed by atoms with E-state index in [1.807, 2.05) is 0 Å². The van der Waals surface area contributed by atoms with E-state index in [0.717, 1.165) is 5.70 Å². The van der Waals surface area contributed by atoms with Crippen LogP contribution in [0, 0.1) is 11.5 Å². The molecule has 1 nitrogen and oxygen atoms in total. The third-order valence-electron chi connectivity index (χ3n) is 1.83. The predicted molar refractivity (Wildman–Crippen MR) is 60.8 cm³/mol. The zero-order valence-corrected chi connectivity index (χ0v) is 9.95. The maximum Gasteiger partial charge on any atom is 0.129 e. The quantitative estimate of drug-likeness (QED) is 0.482. The zero-order valence-electron chi connectivity index (χ0n) is 8.95. The predicted octanol–water partition coefficient (Wildman–Crippen LogP) is 2.73. The van der Waals surface area contributed by atoms with Crippen molar-refractivity contribution in [2.45, 2.75) is 32.5 Å². The summed E-state index contributed by atoms with van der Waals surface area (Å²) < 4.78 is 13.3. The van der Waals surface area contributed by atoms with Gasteiger partial charge in [-0.25, -0.2) is 4.39 Å². The van der Waals surface area contributed by atoms with Crippen LogP contribution < -0.4 is 5.73 Å². The summed E-state index contributed by atoms with van der Waals surface area (Å²) in [5.74, 6) is 2.78. The van der Waals surface area contributed by atoms with Crippen molar-refractivity contribution in [2.24, 2.45) is 5.73 Å². The van der Waals surface area contributed by atoms with Gasteiger partial charge in [0, 0.05) is 12.1 Å². The zero-order chi connectivity index (χ0) is 10.8. The normalized spacial score (nSPS) is 17.3. The lowest BCUT2D eigenvalue weighted by Gasteiger charge is -2.09. The molecule has 1 aliphatic carbocycles. The van der Waals surface area contributed by atoms with Gasteiger partial charge < -0.3 is 5.73 Å². The van der Waals surface area contributed by atoms with Crippen LogP contribution in [0.25, 0.3) is 0 Å². The molecule has 0 radical (unpaired) electrons. The van der Waals surface area contributed by atoms with Crippen molar-refractivity contribution in [3.63, 3.8) is 0 Å². The van der Waals surface area contributed by atoms with Gasteiger partial charge >= 0.3 is 0 Å². The molecule has 0 atom stereocenters. The van der Waals surface area contributed by atoms with Crippen LogP contribution in [0.3, 0.4) is 0 Å². The summed E-state index contributed by atoms with van der Waals surface area (Å²) in [4.78, 5) is 0. The highest BCUT2D eigenvalue weighted by molar-refractivity contribution is 6.83. The standard InChI is InChI=1S/C11H16FNSi/c1-14(2,3)7-6-9-8-10(13)4-5-11(9)12/h8H,4-5,13H2,1-3H3. The molecule has 0 bridgehead atoms. The topological polar surface area (TPSA) is 26.0 Å². The molecule has 0 aromatic heterocycles. The Kier molecular flexibility index (Phi) is 3.17. The number of hydrogen-bond donors (Lipinski definition) is 1. The van der Waals surface area contributed by atoms with Gasteiger partial charge in [0.1, 0.15) is 13.9 Å². The highest BCUT2D eigenvalue weighted by atomic mass is 28.3. The fourth-order valence-electron chi connectivity index (χ4n) is 1.08. The number of allylic oxidation sites excluding steroid dienone is 4. The minimum atomic E-state index is -1.42. The molecule has 2 N–H and O–H groups in total. The molecule has 0 aromatic carbocycles. The number of hydrogen-bond acceptors (Lipinski definition) is 1. The van der Waals surface area contributed by atoms with Crippen LogP contribution in [0.1, 0.15) is 12.8 Å². The van der Waals surface area contributed by atoms with Crippen LogP contribution >= 0.6 is 0 Å². The monoisotopic (exact) mass is 209 g/mol. The minimum Gasteiger partial charge on any atom is -0.402 e. The molecule has 0 fully saturated rings. The van der Waals surface area contributed by atoms with Crippen molar-refractivity contribution in [3.8, 4) is 11.5 Å². The van der Waals surface area contributed by atoms with Crippen molar-refractivity contribution < 1.29 is 4.39 Å². The van der Waals surface area contributed by atoms with Crippen molar-refractivity contribution in [1.29, 1.82) is 0 Å². The fraction of sp³-hybridized carbons (Fsp3) is 0.455. The summed E-state index contributed by atoms with van der Waals surface area (Å²) in [6, 6.07) is 0. The number of halogens is 1. The smallest absolute Gasteiger partial charge is 0.129 e. The molecule has 0 saturated heterocycles. The first-order valence-electron chi connectivity index (χ1n) is 4.76. The lowest BCUT2D eigenvalue weighted by atomic mass is 10.0. The summed E-state index contributed by atoms with van der Waals surface area (Å²) in [6.45, 7) is 6.40. The third kappa shape index (κ3) is 3.39. The lowest BCUT2D eigenvalue weighted by Crippen LogP contribution is -2.16. The van der Waals surface area contributed by atoms with Gasteiger partial charge in [0.25, 0.3) is 0 Å². The Morgan fingerprint density at radius 3 is 2.57 bits per heavy atom. The van der Waals surface area contributed by atoms with E-state index >= 15 is 0 Å². The van der Waals surface area contributed by atoms with Crippen molar-refractivity contribution >= 4 is 8.07 Å². The fourth-order valence-corrected chi connectivity index (χ4v) is 1.59. The summed E-state index contributed by atoms with van der Waals surface area (Å²) in [7, 11) is -1.42. The van der Waals surface area contributed by atoms with Crippen LogP contribution in [0.15, 0.2) is 23.2 Å². The first-order chi connectivity index (χ1) is 6.38. The first-order valence-corrected chi connectivity index (χ1v) is 8.26. The van der Waals surface area contributed by atoms with E-state index in [0.29, 0.717) is 18.4 Å². The second kappa shape index (κ2) is 4.01. The molecule has 0 aliphatic heterocycles. The largest absolute Gasteiger partial charge is 0.402 e. The Morgan fingerprint density at radius 2 is 2.00 bits per heavy atom. The summed E-state index contributed by atoms with van der Waals surface area (Å²) >= 11 is 0. The van der Waals surface area contributed by atoms with Gasteiger partial charge in [0.2, 0.25) is 0 Å². The highest BCUT2D eigenvalue weighted by Crippen LogP contribution is 2.21. The average Bonchev–Trinajstić information content (AvgIpc) is 2.05. The SMILES string of the molecule is C[Si](C)(C)C#CC1=C(F)CCC(N)=C1. The van der Waals surface area contributed by atoms with Crippen LogP contribution in [-0.4, -0.2) is 8.07 Å². The maximum atomic E-state index is 13.3.